The predicted octanol–water partition coefficient (Wildman–Crippen LogP) is 2.41. The van der Waals surface area contributed by atoms with Gasteiger partial charge in [-0.05, 0) is 54.8 Å². The molecule has 1 saturated heterocycles. The molecule has 0 unspecified atom stereocenters. The third-order valence-corrected chi connectivity index (χ3v) is 3.99. The number of amides is 3. The van der Waals surface area contributed by atoms with Gasteiger partial charge in [-0.1, -0.05) is 0 Å². The van der Waals surface area contributed by atoms with Crippen molar-refractivity contribution in [3.05, 3.63) is 65.7 Å². The van der Waals surface area contributed by atoms with E-state index < -0.39 is 11.7 Å². The lowest BCUT2D eigenvalue weighted by atomic mass is 10.1. The van der Waals surface area contributed by atoms with Crippen molar-refractivity contribution in [3.63, 3.8) is 0 Å². The van der Waals surface area contributed by atoms with Crippen LogP contribution in [0.2, 0.25) is 0 Å². The number of benzene rings is 1. The van der Waals surface area contributed by atoms with Crippen LogP contribution in [0.1, 0.15) is 34.8 Å². The van der Waals surface area contributed by atoms with Crippen molar-refractivity contribution in [2.75, 3.05) is 6.54 Å². The van der Waals surface area contributed by atoms with Gasteiger partial charge in [-0.3, -0.25) is 15.2 Å². The van der Waals surface area contributed by atoms with Gasteiger partial charge in [-0.15, -0.1) is 0 Å². The largest absolute Gasteiger partial charge is 0.336 e. The zero-order chi connectivity index (χ0) is 16.9. The van der Waals surface area contributed by atoms with Crippen molar-refractivity contribution in [1.29, 1.82) is 0 Å². The molecule has 0 aliphatic carbocycles. The summed E-state index contributed by atoms with van der Waals surface area (Å²) in [5.74, 6) is -0.921. The van der Waals surface area contributed by atoms with E-state index in [4.69, 9.17) is 0 Å². The number of hydrogen-bond acceptors (Lipinski definition) is 3. The average molecular weight is 328 g/mol. The smallest absolute Gasteiger partial charge is 0.316 e. The van der Waals surface area contributed by atoms with Crippen LogP contribution < -0.4 is 10.9 Å². The molecule has 24 heavy (non-hydrogen) atoms. The minimum atomic E-state index is -0.497. The number of rotatable bonds is 2. The number of urea groups is 1. The molecule has 3 amide bonds. The number of nitrogens with zero attached hydrogens (tertiary/aromatic N) is 2. The molecule has 2 heterocycles. The molecule has 2 aromatic rings. The van der Waals surface area contributed by atoms with E-state index in [1.165, 1.54) is 24.3 Å². The molecule has 1 aromatic carbocycles. The van der Waals surface area contributed by atoms with Crippen molar-refractivity contribution >= 4 is 11.9 Å². The van der Waals surface area contributed by atoms with E-state index in [1.807, 2.05) is 12.1 Å². The van der Waals surface area contributed by atoms with Crippen LogP contribution in [0.5, 0.6) is 0 Å². The fraction of sp³-hybridized carbons (Fsp3) is 0.235. The number of halogens is 1. The number of nitrogens with one attached hydrogen (secondary N) is 2. The molecule has 1 aliphatic rings. The summed E-state index contributed by atoms with van der Waals surface area (Å²) < 4.78 is 12.9. The van der Waals surface area contributed by atoms with Gasteiger partial charge in [0.15, 0.2) is 0 Å². The number of carbonyl (C=O) groups is 2. The van der Waals surface area contributed by atoms with E-state index in [0.29, 0.717) is 6.54 Å². The molecule has 6 nitrogen and oxygen atoms in total. The first kappa shape index (κ1) is 15.9. The highest BCUT2D eigenvalue weighted by Crippen LogP contribution is 2.31. The molecule has 3 rings (SSSR count). The second kappa shape index (κ2) is 7.08. The van der Waals surface area contributed by atoms with Gasteiger partial charge in [0.05, 0.1) is 6.04 Å². The first-order valence-electron chi connectivity index (χ1n) is 7.67. The lowest BCUT2D eigenvalue weighted by Gasteiger charge is -2.25. The Morgan fingerprint density at radius 2 is 1.79 bits per heavy atom. The Balaban J connectivity index is 1.60. The average Bonchev–Trinajstić information content (AvgIpc) is 3.10. The summed E-state index contributed by atoms with van der Waals surface area (Å²) in [5, 5.41) is 0. The fourth-order valence-electron chi connectivity index (χ4n) is 2.80. The fourth-order valence-corrected chi connectivity index (χ4v) is 2.80. The Hall–Kier alpha value is -2.96. The maximum absolute atomic E-state index is 12.9. The standard InChI is InChI=1S/C17H17FN4O2/c18-14-5-3-13(4-6-14)16(23)20-21-17(24)22-11-1-2-15(22)12-7-9-19-10-8-12/h3-10,15H,1-2,11H2,(H,20,23)(H,21,24)/t15-/m1/s1. The molecule has 0 radical (unpaired) electrons. The Kier molecular flexibility index (Phi) is 4.69. The Morgan fingerprint density at radius 1 is 1.08 bits per heavy atom. The van der Waals surface area contributed by atoms with Gasteiger partial charge in [0.2, 0.25) is 0 Å². The van der Waals surface area contributed by atoms with Crippen molar-refractivity contribution in [3.8, 4) is 0 Å². The second-order valence-corrected chi connectivity index (χ2v) is 5.52. The molecule has 1 fully saturated rings. The van der Waals surface area contributed by atoms with Gasteiger partial charge < -0.3 is 4.90 Å². The third kappa shape index (κ3) is 3.51. The quantitative estimate of drug-likeness (QED) is 0.832. The Bertz CT molecular complexity index is 721. The van der Waals surface area contributed by atoms with E-state index in [1.54, 1.807) is 17.3 Å². The summed E-state index contributed by atoms with van der Waals surface area (Å²) in [6.07, 6.45) is 5.15. The highest BCUT2D eigenvalue weighted by atomic mass is 19.1. The van der Waals surface area contributed by atoms with Crippen molar-refractivity contribution in [1.82, 2.24) is 20.7 Å². The minimum Gasteiger partial charge on any atom is -0.316 e. The monoisotopic (exact) mass is 328 g/mol. The van der Waals surface area contributed by atoms with E-state index in [2.05, 4.69) is 15.8 Å². The van der Waals surface area contributed by atoms with Gasteiger partial charge in [-0.2, -0.15) is 0 Å². The Morgan fingerprint density at radius 3 is 2.50 bits per heavy atom. The van der Waals surface area contributed by atoms with Crippen LogP contribution in [-0.2, 0) is 0 Å². The highest BCUT2D eigenvalue weighted by Gasteiger charge is 2.30. The maximum atomic E-state index is 12.9. The molecule has 1 aromatic heterocycles. The normalized spacial score (nSPS) is 16.7. The first-order valence-corrected chi connectivity index (χ1v) is 7.67. The summed E-state index contributed by atoms with van der Waals surface area (Å²) >= 11 is 0. The maximum Gasteiger partial charge on any atom is 0.336 e. The second-order valence-electron chi connectivity index (χ2n) is 5.52. The molecule has 0 spiro atoms. The van der Waals surface area contributed by atoms with Crippen LogP contribution in [0.4, 0.5) is 9.18 Å². The molecule has 2 N–H and O–H groups in total. The number of pyridine rings is 1. The topological polar surface area (TPSA) is 74.3 Å². The Labute approximate surface area is 138 Å². The number of hydrazine groups is 1. The molecular formula is C17H17FN4O2. The molecule has 1 atom stereocenters. The van der Waals surface area contributed by atoms with Crippen molar-refractivity contribution < 1.29 is 14.0 Å². The van der Waals surface area contributed by atoms with E-state index in [9.17, 15) is 14.0 Å². The van der Waals surface area contributed by atoms with E-state index >= 15 is 0 Å². The summed E-state index contributed by atoms with van der Waals surface area (Å²) in [7, 11) is 0. The van der Waals surface area contributed by atoms with Crippen molar-refractivity contribution in [2.45, 2.75) is 18.9 Å². The summed E-state index contributed by atoms with van der Waals surface area (Å²) in [4.78, 5) is 30.0. The van der Waals surface area contributed by atoms with Crippen LogP contribution in [-0.4, -0.2) is 28.4 Å². The number of carbonyl (C=O) groups excluding carboxylic acids is 2. The first-order chi connectivity index (χ1) is 11.6. The minimum absolute atomic E-state index is 0.0317. The van der Waals surface area contributed by atoms with Gasteiger partial charge in [0.25, 0.3) is 5.91 Å². The van der Waals surface area contributed by atoms with Gasteiger partial charge in [-0.25, -0.2) is 14.6 Å². The van der Waals surface area contributed by atoms with Gasteiger partial charge in [0.1, 0.15) is 5.82 Å². The van der Waals surface area contributed by atoms with E-state index in [-0.39, 0.29) is 17.6 Å². The molecule has 0 saturated carbocycles. The highest BCUT2D eigenvalue weighted by molar-refractivity contribution is 5.95. The van der Waals surface area contributed by atoms with Gasteiger partial charge in [0, 0.05) is 24.5 Å². The van der Waals surface area contributed by atoms with Crippen LogP contribution in [0.15, 0.2) is 48.8 Å². The van der Waals surface area contributed by atoms with Crippen LogP contribution in [0.25, 0.3) is 0 Å². The van der Waals surface area contributed by atoms with E-state index in [0.717, 1.165) is 18.4 Å². The lowest BCUT2D eigenvalue weighted by molar-refractivity contribution is 0.0928. The van der Waals surface area contributed by atoms with Crippen LogP contribution in [0.3, 0.4) is 0 Å². The van der Waals surface area contributed by atoms with Crippen molar-refractivity contribution in [2.24, 2.45) is 0 Å². The summed E-state index contributed by atoms with van der Waals surface area (Å²) in [6, 6.07) is 8.45. The SMILES string of the molecule is O=C(NNC(=O)N1CCC[C@@H]1c1ccncc1)c1ccc(F)cc1. The lowest BCUT2D eigenvalue weighted by Crippen LogP contribution is -2.48. The zero-order valence-corrected chi connectivity index (χ0v) is 12.9. The molecule has 1 aliphatic heterocycles. The molecule has 124 valence electrons. The van der Waals surface area contributed by atoms with Crippen LogP contribution >= 0.6 is 0 Å². The number of likely N-dealkylation sites (tertiary alicyclic amines) is 1. The third-order valence-electron chi connectivity index (χ3n) is 3.99. The molecule has 0 bridgehead atoms. The predicted molar refractivity (Wildman–Crippen MR) is 85.3 cm³/mol. The molecular weight excluding hydrogens is 311 g/mol. The summed E-state index contributed by atoms with van der Waals surface area (Å²) in [6.45, 7) is 0.616. The molecule has 7 heteroatoms. The zero-order valence-electron chi connectivity index (χ0n) is 12.9. The summed E-state index contributed by atoms with van der Waals surface area (Å²) in [5.41, 5.74) is 6.05. The van der Waals surface area contributed by atoms with Crippen LogP contribution in [0, 0.1) is 5.82 Å². The van der Waals surface area contributed by atoms with Gasteiger partial charge >= 0.3 is 6.03 Å². The number of hydrogen-bond donors (Lipinski definition) is 2. The number of aromatic nitrogens is 1.